The van der Waals surface area contributed by atoms with E-state index < -0.39 is 11.6 Å². The quantitative estimate of drug-likeness (QED) is 0.472. The molecule has 16 heavy (non-hydrogen) atoms. The van der Waals surface area contributed by atoms with Crippen molar-refractivity contribution in [2.75, 3.05) is 5.73 Å². The zero-order valence-corrected chi connectivity index (χ0v) is 9.91. The maximum atomic E-state index is 11.7. The number of hydrogen-bond acceptors (Lipinski definition) is 3. The van der Waals surface area contributed by atoms with E-state index in [1.165, 1.54) is 0 Å². The molecule has 0 spiro atoms. The number of hydrogen-bond donors (Lipinski definition) is 1. The smallest absolute Gasteiger partial charge is 0.338 e. The highest BCUT2D eigenvalue weighted by Gasteiger charge is 2.19. The maximum absolute atomic E-state index is 11.7. The minimum Gasteiger partial charge on any atom is -0.456 e. The fraction of sp³-hybridized carbons (Fsp3) is 0.308. The van der Waals surface area contributed by atoms with Crippen LogP contribution < -0.4 is 5.73 Å². The summed E-state index contributed by atoms with van der Waals surface area (Å²) in [6.45, 7) is 9.17. The lowest BCUT2D eigenvalue weighted by Crippen LogP contribution is -2.24. The van der Waals surface area contributed by atoms with Gasteiger partial charge < -0.3 is 10.5 Å². The van der Waals surface area contributed by atoms with Crippen molar-refractivity contribution in [2.45, 2.75) is 26.4 Å². The SMILES string of the molecule is C=C(C(=O)OC(C)(C)C)c1cccc(N)c1. The van der Waals surface area contributed by atoms with Crippen LogP contribution in [0.2, 0.25) is 0 Å². The van der Waals surface area contributed by atoms with Crippen LogP contribution in [0.5, 0.6) is 0 Å². The van der Waals surface area contributed by atoms with Gasteiger partial charge in [-0.2, -0.15) is 0 Å². The van der Waals surface area contributed by atoms with Gasteiger partial charge in [0.1, 0.15) is 5.60 Å². The highest BCUT2D eigenvalue weighted by molar-refractivity contribution is 6.15. The predicted octanol–water partition coefficient (Wildman–Crippen LogP) is 2.62. The largest absolute Gasteiger partial charge is 0.456 e. The Morgan fingerprint density at radius 2 is 2.00 bits per heavy atom. The molecular formula is C13H17NO2. The Bertz CT molecular complexity index is 416. The van der Waals surface area contributed by atoms with E-state index >= 15 is 0 Å². The molecule has 0 aliphatic rings. The zero-order valence-electron chi connectivity index (χ0n) is 9.91. The van der Waals surface area contributed by atoms with Crippen molar-refractivity contribution in [3.8, 4) is 0 Å². The maximum Gasteiger partial charge on any atom is 0.338 e. The first-order valence-electron chi connectivity index (χ1n) is 5.08. The second-order valence-electron chi connectivity index (χ2n) is 4.61. The van der Waals surface area contributed by atoms with Crippen molar-refractivity contribution in [3.63, 3.8) is 0 Å². The summed E-state index contributed by atoms with van der Waals surface area (Å²) >= 11 is 0. The van der Waals surface area contributed by atoms with E-state index in [-0.39, 0.29) is 0 Å². The molecule has 0 bridgehead atoms. The zero-order chi connectivity index (χ0) is 12.3. The van der Waals surface area contributed by atoms with Gasteiger partial charge in [0.05, 0.1) is 5.57 Å². The van der Waals surface area contributed by atoms with Crippen LogP contribution in [0.15, 0.2) is 30.8 Å². The van der Waals surface area contributed by atoms with Gasteiger partial charge in [-0.05, 0) is 38.5 Å². The second-order valence-corrected chi connectivity index (χ2v) is 4.61. The van der Waals surface area contributed by atoms with E-state index in [2.05, 4.69) is 6.58 Å². The van der Waals surface area contributed by atoms with Gasteiger partial charge in [0.25, 0.3) is 0 Å². The number of carbonyl (C=O) groups excluding carboxylic acids is 1. The Morgan fingerprint density at radius 3 is 2.50 bits per heavy atom. The molecule has 0 heterocycles. The minimum atomic E-state index is -0.514. The number of nitrogen functional groups attached to an aromatic ring is 1. The Hall–Kier alpha value is -1.77. The Morgan fingerprint density at radius 1 is 1.38 bits per heavy atom. The van der Waals surface area contributed by atoms with Gasteiger partial charge >= 0.3 is 5.97 Å². The summed E-state index contributed by atoms with van der Waals surface area (Å²) in [5.74, 6) is -0.418. The summed E-state index contributed by atoms with van der Waals surface area (Å²) in [5, 5.41) is 0. The van der Waals surface area contributed by atoms with Crippen molar-refractivity contribution >= 4 is 17.2 Å². The van der Waals surface area contributed by atoms with Crippen LogP contribution in [-0.4, -0.2) is 11.6 Å². The average Bonchev–Trinajstić information content (AvgIpc) is 2.14. The van der Waals surface area contributed by atoms with Gasteiger partial charge in [0.15, 0.2) is 0 Å². The topological polar surface area (TPSA) is 52.3 Å². The monoisotopic (exact) mass is 219 g/mol. The van der Waals surface area contributed by atoms with E-state index in [4.69, 9.17) is 10.5 Å². The second kappa shape index (κ2) is 4.39. The molecule has 86 valence electrons. The molecule has 0 atom stereocenters. The highest BCUT2D eigenvalue weighted by atomic mass is 16.6. The molecule has 1 aromatic carbocycles. The minimum absolute atomic E-state index is 0.322. The standard InChI is InChI=1S/C13H17NO2/c1-9(12(15)16-13(2,3)4)10-6-5-7-11(14)8-10/h5-8H,1,14H2,2-4H3. The third-order valence-electron chi connectivity index (χ3n) is 1.88. The third kappa shape index (κ3) is 3.42. The molecule has 2 N–H and O–H groups in total. The molecule has 0 fully saturated rings. The molecule has 1 rings (SSSR count). The van der Waals surface area contributed by atoms with Crippen molar-refractivity contribution in [1.82, 2.24) is 0 Å². The first kappa shape index (κ1) is 12.3. The highest BCUT2D eigenvalue weighted by Crippen LogP contribution is 2.19. The molecule has 0 saturated carbocycles. The summed E-state index contributed by atoms with van der Waals surface area (Å²) in [6, 6.07) is 7.01. The van der Waals surface area contributed by atoms with Crippen LogP contribution in [0.4, 0.5) is 5.69 Å². The summed E-state index contributed by atoms with van der Waals surface area (Å²) in [7, 11) is 0. The van der Waals surface area contributed by atoms with Crippen LogP contribution in [0.3, 0.4) is 0 Å². The van der Waals surface area contributed by atoms with Crippen LogP contribution in [0.25, 0.3) is 5.57 Å². The molecule has 0 aliphatic heterocycles. The Kier molecular flexibility index (Phi) is 3.38. The molecule has 0 aromatic heterocycles. The number of carbonyl (C=O) groups is 1. The van der Waals surface area contributed by atoms with Gasteiger partial charge in [-0.25, -0.2) is 4.79 Å². The third-order valence-corrected chi connectivity index (χ3v) is 1.88. The summed E-state index contributed by atoms with van der Waals surface area (Å²) in [6.07, 6.45) is 0. The number of benzene rings is 1. The van der Waals surface area contributed by atoms with Crippen LogP contribution in [0, 0.1) is 0 Å². The normalized spacial score (nSPS) is 10.9. The molecule has 3 nitrogen and oxygen atoms in total. The number of esters is 1. The van der Waals surface area contributed by atoms with Crippen molar-refractivity contribution in [3.05, 3.63) is 36.4 Å². The lowest BCUT2D eigenvalue weighted by Gasteiger charge is -2.20. The van der Waals surface area contributed by atoms with Crippen molar-refractivity contribution in [1.29, 1.82) is 0 Å². The van der Waals surface area contributed by atoms with E-state index in [1.807, 2.05) is 20.8 Å². The van der Waals surface area contributed by atoms with Gasteiger partial charge in [0, 0.05) is 5.69 Å². The van der Waals surface area contributed by atoms with E-state index in [0.29, 0.717) is 16.8 Å². The van der Waals surface area contributed by atoms with Gasteiger partial charge in [-0.15, -0.1) is 0 Å². The van der Waals surface area contributed by atoms with Gasteiger partial charge in [-0.3, -0.25) is 0 Å². The first-order chi connectivity index (χ1) is 7.29. The first-order valence-corrected chi connectivity index (χ1v) is 5.08. The summed E-state index contributed by atoms with van der Waals surface area (Å²) in [4.78, 5) is 11.7. The van der Waals surface area contributed by atoms with E-state index in [0.717, 1.165) is 0 Å². The van der Waals surface area contributed by atoms with Crippen molar-refractivity contribution < 1.29 is 9.53 Å². The van der Waals surface area contributed by atoms with Gasteiger partial charge in [0.2, 0.25) is 0 Å². The lowest BCUT2D eigenvalue weighted by molar-refractivity contribution is -0.147. The Balaban J connectivity index is 2.83. The molecule has 0 radical (unpaired) electrons. The van der Waals surface area contributed by atoms with Crippen LogP contribution in [0.1, 0.15) is 26.3 Å². The number of ether oxygens (including phenoxy) is 1. The predicted molar refractivity (Wildman–Crippen MR) is 65.7 cm³/mol. The van der Waals surface area contributed by atoms with E-state index in [9.17, 15) is 4.79 Å². The molecule has 0 amide bonds. The van der Waals surface area contributed by atoms with Crippen LogP contribution in [-0.2, 0) is 9.53 Å². The number of anilines is 1. The molecular weight excluding hydrogens is 202 g/mol. The van der Waals surface area contributed by atoms with Crippen molar-refractivity contribution in [2.24, 2.45) is 0 Å². The van der Waals surface area contributed by atoms with E-state index in [1.54, 1.807) is 24.3 Å². The van der Waals surface area contributed by atoms with Gasteiger partial charge in [-0.1, -0.05) is 18.7 Å². The fourth-order valence-electron chi connectivity index (χ4n) is 1.18. The lowest BCUT2D eigenvalue weighted by atomic mass is 10.1. The number of nitrogens with two attached hydrogens (primary N) is 1. The Labute approximate surface area is 95.9 Å². The molecule has 0 unspecified atom stereocenters. The average molecular weight is 219 g/mol. The molecule has 1 aromatic rings. The number of rotatable bonds is 2. The molecule has 0 aliphatic carbocycles. The summed E-state index contributed by atoms with van der Waals surface area (Å²) in [5.41, 5.74) is 6.73. The fourth-order valence-corrected chi connectivity index (χ4v) is 1.18. The van der Waals surface area contributed by atoms with Crippen LogP contribution >= 0.6 is 0 Å². The summed E-state index contributed by atoms with van der Waals surface area (Å²) < 4.78 is 5.21. The molecule has 3 heteroatoms. The molecule has 0 saturated heterocycles.